The van der Waals surface area contributed by atoms with Gasteiger partial charge in [-0.25, -0.2) is 4.79 Å². The van der Waals surface area contributed by atoms with Crippen molar-refractivity contribution < 1.29 is 14.3 Å². The van der Waals surface area contributed by atoms with Crippen LogP contribution in [-0.2, 0) is 16.7 Å². The molecular formula is C23H29N3O3. The second-order valence-electron chi connectivity index (χ2n) is 8.89. The molecule has 1 heterocycles. The van der Waals surface area contributed by atoms with Gasteiger partial charge in [-0.2, -0.15) is 0 Å². The molecule has 2 aromatic rings. The van der Waals surface area contributed by atoms with Gasteiger partial charge in [0.25, 0.3) is 5.91 Å². The number of hydrogen-bond donors (Lipinski definition) is 3. The van der Waals surface area contributed by atoms with Gasteiger partial charge in [-0.05, 0) is 63.8 Å². The first-order valence-electron chi connectivity index (χ1n) is 9.79. The molecule has 1 aliphatic rings. The predicted molar refractivity (Wildman–Crippen MR) is 115 cm³/mol. The molecule has 29 heavy (non-hydrogen) atoms. The first-order chi connectivity index (χ1) is 13.5. The van der Waals surface area contributed by atoms with Crippen LogP contribution in [0.25, 0.3) is 11.1 Å². The lowest BCUT2D eigenvalue weighted by molar-refractivity contribution is 0.0470. The van der Waals surface area contributed by atoms with Crippen LogP contribution in [0, 0.1) is 0 Å². The number of nitrogens with one attached hydrogen (secondary N) is 2. The Balaban J connectivity index is 1.83. The van der Waals surface area contributed by atoms with Crippen LogP contribution in [0.1, 0.15) is 56.1 Å². The molecule has 1 aliphatic heterocycles. The van der Waals surface area contributed by atoms with Crippen molar-refractivity contribution in [1.82, 2.24) is 10.6 Å². The molecular weight excluding hydrogens is 366 g/mol. The van der Waals surface area contributed by atoms with Crippen LogP contribution in [0.15, 0.2) is 36.4 Å². The van der Waals surface area contributed by atoms with E-state index in [9.17, 15) is 9.59 Å². The number of nitrogen functional groups attached to an aromatic ring is 1. The molecule has 0 aromatic heterocycles. The molecule has 0 atom stereocenters. The number of alkyl carbamates (subject to hydrolysis) is 1. The Hall–Kier alpha value is -3.02. The summed E-state index contributed by atoms with van der Waals surface area (Å²) in [6, 6.07) is 11.6. The lowest BCUT2D eigenvalue weighted by Crippen LogP contribution is -2.43. The highest BCUT2D eigenvalue weighted by atomic mass is 16.6. The molecule has 0 fully saturated rings. The van der Waals surface area contributed by atoms with E-state index in [4.69, 9.17) is 10.5 Å². The zero-order chi connectivity index (χ0) is 21.4. The Morgan fingerprint density at radius 1 is 1.03 bits per heavy atom. The first kappa shape index (κ1) is 20.7. The summed E-state index contributed by atoms with van der Waals surface area (Å²) in [7, 11) is 0. The fraction of sp³-hybridized carbons (Fsp3) is 0.391. The smallest absolute Gasteiger partial charge is 0.408 e. The van der Waals surface area contributed by atoms with Crippen LogP contribution in [-0.4, -0.2) is 24.1 Å². The SMILES string of the molecule is CC(C)(C)OC(=O)NC(C)(C)c1ccc(-c2ccc3c(c2N)CCNC3=O)cc1. The molecule has 0 saturated carbocycles. The third kappa shape index (κ3) is 4.53. The molecule has 2 amide bonds. The number of nitrogens with two attached hydrogens (primary N) is 1. The Morgan fingerprint density at radius 2 is 1.66 bits per heavy atom. The highest BCUT2D eigenvalue weighted by Gasteiger charge is 2.26. The molecule has 0 radical (unpaired) electrons. The molecule has 0 spiro atoms. The summed E-state index contributed by atoms with van der Waals surface area (Å²) in [5.41, 5.74) is 10.3. The third-order valence-electron chi connectivity index (χ3n) is 4.99. The van der Waals surface area contributed by atoms with Gasteiger partial charge in [-0.15, -0.1) is 0 Å². The molecule has 0 saturated heterocycles. The van der Waals surface area contributed by atoms with Crippen molar-refractivity contribution in [1.29, 1.82) is 0 Å². The fourth-order valence-corrected chi connectivity index (χ4v) is 3.49. The molecule has 0 unspecified atom stereocenters. The second kappa shape index (κ2) is 7.43. The van der Waals surface area contributed by atoms with Gasteiger partial charge in [-0.3, -0.25) is 4.79 Å². The Labute approximate surface area is 171 Å². The van der Waals surface area contributed by atoms with Gasteiger partial charge >= 0.3 is 6.09 Å². The average Bonchev–Trinajstić information content (AvgIpc) is 2.61. The summed E-state index contributed by atoms with van der Waals surface area (Å²) < 4.78 is 5.37. The summed E-state index contributed by atoms with van der Waals surface area (Å²) >= 11 is 0. The average molecular weight is 396 g/mol. The number of carbonyl (C=O) groups is 2. The molecule has 0 bridgehead atoms. The second-order valence-corrected chi connectivity index (χ2v) is 8.89. The monoisotopic (exact) mass is 395 g/mol. The van der Waals surface area contributed by atoms with Crippen LogP contribution in [0.3, 0.4) is 0 Å². The highest BCUT2D eigenvalue weighted by molar-refractivity contribution is 6.00. The quantitative estimate of drug-likeness (QED) is 0.685. The largest absolute Gasteiger partial charge is 0.444 e. The van der Waals surface area contributed by atoms with Crippen molar-refractivity contribution in [2.75, 3.05) is 12.3 Å². The zero-order valence-electron chi connectivity index (χ0n) is 17.7. The molecule has 0 aliphatic carbocycles. The van der Waals surface area contributed by atoms with Crippen molar-refractivity contribution in [3.05, 3.63) is 53.1 Å². The van der Waals surface area contributed by atoms with Crippen molar-refractivity contribution >= 4 is 17.7 Å². The van der Waals surface area contributed by atoms with Gasteiger partial charge in [-0.1, -0.05) is 30.3 Å². The molecule has 6 nitrogen and oxygen atoms in total. The standard InChI is InChI=1S/C23H29N3O3/c1-22(2,3)29-21(28)26-23(4,5)15-8-6-14(7-9-15)16-10-11-18-17(19(16)24)12-13-25-20(18)27/h6-11H,12-13,24H2,1-5H3,(H,25,27)(H,26,28). The van der Waals surface area contributed by atoms with Crippen molar-refractivity contribution in [3.8, 4) is 11.1 Å². The van der Waals surface area contributed by atoms with E-state index in [0.717, 1.165) is 28.7 Å². The zero-order valence-corrected chi connectivity index (χ0v) is 17.7. The molecule has 3 rings (SSSR count). The van der Waals surface area contributed by atoms with E-state index in [1.807, 2.05) is 71.0 Å². The first-order valence-corrected chi connectivity index (χ1v) is 9.79. The van der Waals surface area contributed by atoms with Gasteiger partial charge in [0.1, 0.15) is 5.60 Å². The van der Waals surface area contributed by atoms with Crippen molar-refractivity contribution in [2.24, 2.45) is 0 Å². The highest BCUT2D eigenvalue weighted by Crippen LogP contribution is 2.33. The molecule has 2 aromatic carbocycles. The Kier molecular flexibility index (Phi) is 5.30. The number of benzene rings is 2. The predicted octanol–water partition coefficient (Wildman–Crippen LogP) is 3.98. The van der Waals surface area contributed by atoms with E-state index < -0.39 is 17.2 Å². The normalized spacial score (nSPS) is 14.0. The van der Waals surface area contributed by atoms with E-state index in [-0.39, 0.29) is 5.91 Å². The minimum absolute atomic E-state index is 0.0742. The lowest BCUT2D eigenvalue weighted by Gasteiger charge is -2.29. The summed E-state index contributed by atoms with van der Waals surface area (Å²) in [5.74, 6) is -0.0742. The van der Waals surface area contributed by atoms with Crippen LogP contribution in [0.4, 0.5) is 10.5 Å². The summed E-state index contributed by atoms with van der Waals surface area (Å²) in [6.07, 6.45) is 0.273. The van der Waals surface area contributed by atoms with Gasteiger partial charge in [0, 0.05) is 23.4 Å². The lowest BCUT2D eigenvalue weighted by atomic mass is 9.90. The number of rotatable bonds is 3. The van der Waals surface area contributed by atoms with Gasteiger partial charge < -0.3 is 21.1 Å². The van der Waals surface area contributed by atoms with Crippen molar-refractivity contribution in [3.63, 3.8) is 0 Å². The molecule has 6 heteroatoms. The molecule has 4 N–H and O–H groups in total. The number of fused-ring (bicyclic) bond motifs is 1. The molecule has 154 valence electrons. The van der Waals surface area contributed by atoms with E-state index >= 15 is 0 Å². The topological polar surface area (TPSA) is 93.4 Å². The summed E-state index contributed by atoms with van der Waals surface area (Å²) in [5, 5.41) is 5.75. The van der Waals surface area contributed by atoms with Crippen LogP contribution >= 0.6 is 0 Å². The van der Waals surface area contributed by atoms with Crippen molar-refractivity contribution in [2.45, 2.75) is 52.2 Å². The van der Waals surface area contributed by atoms with Crippen LogP contribution in [0.2, 0.25) is 0 Å². The van der Waals surface area contributed by atoms with Gasteiger partial charge in [0.05, 0.1) is 5.54 Å². The van der Waals surface area contributed by atoms with E-state index in [2.05, 4.69) is 10.6 Å². The van der Waals surface area contributed by atoms with E-state index in [1.54, 1.807) is 0 Å². The number of carbonyl (C=O) groups excluding carboxylic acids is 2. The summed E-state index contributed by atoms with van der Waals surface area (Å²) in [4.78, 5) is 24.2. The number of hydrogen-bond acceptors (Lipinski definition) is 4. The Morgan fingerprint density at radius 3 is 2.28 bits per heavy atom. The minimum Gasteiger partial charge on any atom is -0.444 e. The Bertz CT molecular complexity index is 941. The number of ether oxygens (including phenoxy) is 1. The van der Waals surface area contributed by atoms with Crippen LogP contribution < -0.4 is 16.4 Å². The number of anilines is 1. The van der Waals surface area contributed by atoms with Crippen LogP contribution in [0.5, 0.6) is 0 Å². The maximum Gasteiger partial charge on any atom is 0.408 e. The van der Waals surface area contributed by atoms with E-state index in [1.165, 1.54) is 0 Å². The third-order valence-corrected chi connectivity index (χ3v) is 4.99. The van der Waals surface area contributed by atoms with Gasteiger partial charge in [0.15, 0.2) is 0 Å². The maximum atomic E-state index is 12.2. The van der Waals surface area contributed by atoms with Gasteiger partial charge in [0.2, 0.25) is 0 Å². The van der Waals surface area contributed by atoms with E-state index in [0.29, 0.717) is 17.8 Å². The number of amides is 2. The maximum absolute atomic E-state index is 12.2. The minimum atomic E-state index is -0.597. The summed E-state index contributed by atoms with van der Waals surface area (Å²) in [6.45, 7) is 9.96. The fourth-order valence-electron chi connectivity index (χ4n) is 3.49.